The van der Waals surface area contributed by atoms with Crippen molar-refractivity contribution in [3.05, 3.63) is 48.4 Å². The Morgan fingerprint density at radius 3 is 2.75 bits per heavy atom. The zero-order chi connectivity index (χ0) is 14.5. The highest BCUT2D eigenvalue weighted by Gasteiger charge is 2.19. The Bertz CT molecular complexity index is 566. The first-order chi connectivity index (χ1) is 9.59. The average molecular weight is 273 g/mol. The molecule has 0 saturated carbocycles. The highest BCUT2D eigenvalue weighted by molar-refractivity contribution is 5.86. The van der Waals surface area contributed by atoms with Crippen molar-refractivity contribution in [3.8, 4) is 0 Å². The molecule has 0 bridgehead atoms. The molecule has 5 heteroatoms. The molecular formula is C15H19N3O2. The molecule has 0 aliphatic carbocycles. The van der Waals surface area contributed by atoms with Gasteiger partial charge in [0.25, 0.3) is 0 Å². The van der Waals surface area contributed by atoms with E-state index in [0.29, 0.717) is 12.2 Å². The van der Waals surface area contributed by atoms with Gasteiger partial charge in [-0.15, -0.1) is 0 Å². The van der Waals surface area contributed by atoms with Crippen LogP contribution in [0.5, 0.6) is 0 Å². The lowest BCUT2D eigenvalue weighted by molar-refractivity contribution is -0.122. The molecule has 2 rings (SSSR count). The lowest BCUT2D eigenvalue weighted by Crippen LogP contribution is -2.43. The molecule has 0 aliphatic heterocycles. The molecule has 3 N–H and O–H groups in total. The number of carbonyl (C=O) groups is 1. The van der Waals surface area contributed by atoms with E-state index in [1.165, 1.54) is 0 Å². The summed E-state index contributed by atoms with van der Waals surface area (Å²) in [7, 11) is 1.85. The molecule has 1 aromatic heterocycles. The second kappa shape index (κ2) is 6.14. The maximum Gasteiger partial charge on any atom is 0.242 e. The summed E-state index contributed by atoms with van der Waals surface area (Å²) < 4.78 is 5.18. The lowest BCUT2D eigenvalue weighted by atomic mass is 10.2. The lowest BCUT2D eigenvalue weighted by Gasteiger charge is -2.27. The van der Waals surface area contributed by atoms with Gasteiger partial charge >= 0.3 is 0 Å². The zero-order valence-corrected chi connectivity index (χ0v) is 11.7. The van der Waals surface area contributed by atoms with Crippen LogP contribution in [0.15, 0.2) is 47.1 Å². The Morgan fingerprint density at radius 2 is 2.10 bits per heavy atom. The van der Waals surface area contributed by atoms with Crippen molar-refractivity contribution in [2.45, 2.75) is 19.5 Å². The number of benzene rings is 1. The van der Waals surface area contributed by atoms with Gasteiger partial charge in [-0.1, -0.05) is 12.1 Å². The summed E-state index contributed by atoms with van der Waals surface area (Å²) in [5.74, 6) is 0.652. The van der Waals surface area contributed by atoms with Gasteiger partial charge in [0.1, 0.15) is 11.8 Å². The topological polar surface area (TPSA) is 71.5 Å². The van der Waals surface area contributed by atoms with Crippen molar-refractivity contribution in [3.63, 3.8) is 0 Å². The van der Waals surface area contributed by atoms with Gasteiger partial charge in [0, 0.05) is 7.05 Å². The summed E-state index contributed by atoms with van der Waals surface area (Å²) in [6.45, 7) is 2.22. The quantitative estimate of drug-likeness (QED) is 0.817. The normalized spacial score (nSPS) is 11.9. The molecule has 5 nitrogen and oxygen atoms in total. The number of anilines is 2. The number of nitrogens with zero attached hydrogens (tertiary/aromatic N) is 1. The molecule has 0 spiro atoms. The second-order valence-corrected chi connectivity index (χ2v) is 4.64. The highest BCUT2D eigenvalue weighted by Crippen LogP contribution is 2.22. The van der Waals surface area contributed by atoms with Crippen LogP contribution in [0, 0.1) is 0 Å². The van der Waals surface area contributed by atoms with Crippen LogP contribution in [0.2, 0.25) is 0 Å². The smallest absolute Gasteiger partial charge is 0.242 e. The van der Waals surface area contributed by atoms with E-state index in [1.807, 2.05) is 49.2 Å². The van der Waals surface area contributed by atoms with Crippen LogP contribution in [-0.2, 0) is 11.3 Å². The number of amides is 1. The highest BCUT2D eigenvalue weighted by atomic mass is 16.3. The van der Waals surface area contributed by atoms with Gasteiger partial charge in [-0.05, 0) is 31.2 Å². The van der Waals surface area contributed by atoms with E-state index in [0.717, 1.165) is 11.4 Å². The molecule has 0 saturated heterocycles. The van der Waals surface area contributed by atoms with Gasteiger partial charge in [0.2, 0.25) is 5.91 Å². The number of hydrogen-bond donors (Lipinski definition) is 2. The first-order valence-electron chi connectivity index (χ1n) is 6.47. The Labute approximate surface area is 118 Å². The van der Waals surface area contributed by atoms with E-state index in [4.69, 9.17) is 10.2 Å². The molecule has 20 heavy (non-hydrogen) atoms. The summed E-state index contributed by atoms with van der Waals surface area (Å²) >= 11 is 0. The van der Waals surface area contributed by atoms with Crippen molar-refractivity contribution in [2.75, 3.05) is 17.7 Å². The SMILES string of the molecule is CC(C(=O)NCc1ccco1)N(C)c1ccccc1N. The minimum absolute atomic E-state index is 0.0767. The van der Waals surface area contributed by atoms with Gasteiger partial charge in [0.15, 0.2) is 0 Å². The van der Waals surface area contributed by atoms with Gasteiger partial charge in [-0.2, -0.15) is 0 Å². The molecule has 1 unspecified atom stereocenters. The third-order valence-electron chi connectivity index (χ3n) is 3.29. The first kappa shape index (κ1) is 14.0. The Balaban J connectivity index is 1.97. The van der Waals surface area contributed by atoms with Crippen molar-refractivity contribution >= 4 is 17.3 Å². The van der Waals surface area contributed by atoms with Crippen LogP contribution in [0.25, 0.3) is 0 Å². The van der Waals surface area contributed by atoms with Gasteiger partial charge in [-0.3, -0.25) is 4.79 Å². The van der Waals surface area contributed by atoms with Crippen molar-refractivity contribution < 1.29 is 9.21 Å². The van der Waals surface area contributed by atoms with E-state index in [9.17, 15) is 4.79 Å². The number of nitrogens with two attached hydrogens (primary N) is 1. The molecule has 1 amide bonds. The molecule has 0 fully saturated rings. The van der Waals surface area contributed by atoms with Gasteiger partial charge < -0.3 is 20.4 Å². The van der Waals surface area contributed by atoms with Crippen LogP contribution >= 0.6 is 0 Å². The van der Waals surface area contributed by atoms with Crippen molar-refractivity contribution in [1.29, 1.82) is 0 Å². The van der Waals surface area contributed by atoms with Crippen LogP contribution in [0.3, 0.4) is 0 Å². The van der Waals surface area contributed by atoms with Crippen LogP contribution in [-0.4, -0.2) is 19.0 Å². The predicted molar refractivity (Wildman–Crippen MR) is 79.3 cm³/mol. The zero-order valence-electron chi connectivity index (χ0n) is 11.7. The average Bonchev–Trinajstić information content (AvgIpc) is 2.97. The van der Waals surface area contributed by atoms with Crippen LogP contribution in [0.4, 0.5) is 11.4 Å². The van der Waals surface area contributed by atoms with Gasteiger partial charge in [-0.25, -0.2) is 0 Å². The molecule has 1 heterocycles. The number of carbonyl (C=O) groups excluding carboxylic acids is 1. The fraction of sp³-hybridized carbons (Fsp3) is 0.267. The number of nitrogens with one attached hydrogen (secondary N) is 1. The minimum Gasteiger partial charge on any atom is -0.467 e. The number of rotatable bonds is 5. The summed E-state index contributed by atoms with van der Waals surface area (Å²) in [4.78, 5) is 14.0. The Morgan fingerprint density at radius 1 is 1.35 bits per heavy atom. The molecule has 1 aromatic carbocycles. The Kier molecular flexibility index (Phi) is 4.30. The van der Waals surface area contributed by atoms with E-state index >= 15 is 0 Å². The molecular weight excluding hydrogens is 254 g/mol. The van der Waals surface area contributed by atoms with Gasteiger partial charge in [0.05, 0.1) is 24.2 Å². The van der Waals surface area contributed by atoms with E-state index in [-0.39, 0.29) is 11.9 Å². The third kappa shape index (κ3) is 3.12. The number of likely N-dealkylation sites (N-methyl/N-ethyl adjacent to an activating group) is 1. The Hall–Kier alpha value is -2.43. The molecule has 106 valence electrons. The maximum absolute atomic E-state index is 12.1. The maximum atomic E-state index is 12.1. The fourth-order valence-electron chi connectivity index (χ4n) is 1.93. The predicted octanol–water partition coefficient (Wildman–Crippen LogP) is 2.00. The summed E-state index contributed by atoms with van der Waals surface area (Å²) in [6, 6.07) is 10.8. The standard InChI is InChI=1S/C15H19N3O2/c1-11(15(19)17-10-12-6-5-9-20-12)18(2)14-8-4-3-7-13(14)16/h3-9,11H,10,16H2,1-2H3,(H,17,19). The molecule has 2 aromatic rings. The van der Waals surface area contributed by atoms with E-state index in [2.05, 4.69) is 5.32 Å². The fourth-order valence-corrected chi connectivity index (χ4v) is 1.93. The summed E-state index contributed by atoms with van der Waals surface area (Å²) in [5.41, 5.74) is 7.42. The molecule has 0 radical (unpaired) electrons. The van der Waals surface area contributed by atoms with Crippen LogP contribution < -0.4 is 16.0 Å². The third-order valence-corrected chi connectivity index (χ3v) is 3.29. The number of furan rings is 1. The summed E-state index contributed by atoms with van der Waals surface area (Å²) in [6.07, 6.45) is 1.59. The first-order valence-corrected chi connectivity index (χ1v) is 6.47. The number of hydrogen-bond acceptors (Lipinski definition) is 4. The number of nitrogen functional groups attached to an aromatic ring is 1. The minimum atomic E-state index is -0.324. The largest absolute Gasteiger partial charge is 0.467 e. The molecule has 1 atom stereocenters. The molecule has 0 aliphatic rings. The monoisotopic (exact) mass is 273 g/mol. The van der Waals surface area contributed by atoms with Crippen molar-refractivity contribution in [2.24, 2.45) is 0 Å². The van der Waals surface area contributed by atoms with Crippen LogP contribution in [0.1, 0.15) is 12.7 Å². The number of para-hydroxylation sites is 2. The summed E-state index contributed by atoms with van der Waals surface area (Å²) in [5, 5.41) is 2.84. The van der Waals surface area contributed by atoms with E-state index < -0.39 is 0 Å². The second-order valence-electron chi connectivity index (χ2n) is 4.64. The van der Waals surface area contributed by atoms with E-state index in [1.54, 1.807) is 12.3 Å². The van der Waals surface area contributed by atoms with Crippen molar-refractivity contribution in [1.82, 2.24) is 5.32 Å².